The molecule has 2 N–H and O–H groups in total. The first kappa shape index (κ1) is 16.0. The minimum absolute atomic E-state index is 0.386. The Hall–Kier alpha value is -2.40. The summed E-state index contributed by atoms with van der Waals surface area (Å²) in [6, 6.07) is 10.1. The van der Waals surface area contributed by atoms with Gasteiger partial charge in [0.05, 0.1) is 19.9 Å². The van der Waals surface area contributed by atoms with Crippen LogP contribution in [0.25, 0.3) is 0 Å². The van der Waals surface area contributed by atoms with E-state index in [1.807, 2.05) is 13.0 Å². The molecule has 2 rings (SSSR count). The molecule has 0 aliphatic carbocycles. The summed E-state index contributed by atoms with van der Waals surface area (Å²) in [7, 11) is 3.09. The van der Waals surface area contributed by atoms with Crippen LogP contribution in [0.1, 0.15) is 5.56 Å². The Morgan fingerprint density at radius 2 is 1.82 bits per heavy atom. The lowest BCUT2D eigenvalue weighted by atomic mass is 10.2. The van der Waals surface area contributed by atoms with Gasteiger partial charge in [0.2, 0.25) is 0 Å². The van der Waals surface area contributed by atoms with Gasteiger partial charge in [0.15, 0.2) is 0 Å². The highest BCUT2D eigenvalue weighted by Crippen LogP contribution is 2.29. The Kier molecular flexibility index (Phi) is 5.12. The van der Waals surface area contributed by atoms with Crippen LogP contribution in [0.15, 0.2) is 36.4 Å². The number of carbonyl (C=O) groups is 1. The van der Waals surface area contributed by atoms with E-state index in [1.54, 1.807) is 37.4 Å². The van der Waals surface area contributed by atoms with Gasteiger partial charge in [-0.1, -0.05) is 17.7 Å². The van der Waals surface area contributed by atoms with Gasteiger partial charge < -0.3 is 20.1 Å². The Bertz CT molecular complexity index is 689. The van der Waals surface area contributed by atoms with Crippen molar-refractivity contribution in [2.24, 2.45) is 0 Å². The molecule has 0 bridgehead atoms. The Morgan fingerprint density at radius 3 is 2.45 bits per heavy atom. The molecule has 0 atom stereocenters. The second-order valence-corrected chi connectivity index (χ2v) is 5.02. The number of amides is 2. The van der Waals surface area contributed by atoms with E-state index < -0.39 is 0 Å². The zero-order chi connectivity index (χ0) is 16.1. The zero-order valence-corrected chi connectivity index (χ0v) is 13.3. The number of aryl methyl sites for hydroxylation is 1. The second kappa shape index (κ2) is 7.04. The molecule has 2 aromatic rings. The molecule has 0 saturated heterocycles. The second-order valence-electron chi connectivity index (χ2n) is 4.61. The lowest BCUT2D eigenvalue weighted by Crippen LogP contribution is -2.19. The van der Waals surface area contributed by atoms with Crippen LogP contribution in [-0.2, 0) is 0 Å². The summed E-state index contributed by atoms with van der Waals surface area (Å²) in [5, 5.41) is 6.04. The van der Waals surface area contributed by atoms with Crippen molar-refractivity contribution in [3.8, 4) is 11.5 Å². The van der Waals surface area contributed by atoms with Crippen LogP contribution in [0.5, 0.6) is 11.5 Å². The maximum atomic E-state index is 12.0. The van der Waals surface area contributed by atoms with Gasteiger partial charge in [-0.15, -0.1) is 0 Å². The molecular weight excluding hydrogens is 304 g/mol. The summed E-state index contributed by atoms with van der Waals surface area (Å²) >= 11 is 6.03. The molecule has 0 unspecified atom stereocenters. The van der Waals surface area contributed by atoms with Crippen molar-refractivity contribution in [2.45, 2.75) is 6.92 Å². The summed E-state index contributed by atoms with van der Waals surface area (Å²) < 4.78 is 10.3. The van der Waals surface area contributed by atoms with Crippen molar-refractivity contribution in [3.05, 3.63) is 47.0 Å². The predicted molar refractivity (Wildman–Crippen MR) is 88.4 cm³/mol. The normalized spacial score (nSPS) is 10.0. The maximum absolute atomic E-state index is 12.0. The van der Waals surface area contributed by atoms with Crippen molar-refractivity contribution >= 4 is 29.0 Å². The van der Waals surface area contributed by atoms with Crippen LogP contribution < -0.4 is 20.1 Å². The molecule has 0 spiro atoms. The molecule has 0 aliphatic heterocycles. The van der Waals surface area contributed by atoms with Crippen LogP contribution in [0.2, 0.25) is 5.02 Å². The number of anilines is 2. The fraction of sp³-hybridized carbons (Fsp3) is 0.188. The fourth-order valence-corrected chi connectivity index (χ4v) is 2.04. The Labute approximate surface area is 134 Å². The molecule has 0 saturated carbocycles. The van der Waals surface area contributed by atoms with Gasteiger partial charge >= 0.3 is 6.03 Å². The number of benzene rings is 2. The molecule has 0 fully saturated rings. The first-order valence-corrected chi connectivity index (χ1v) is 6.97. The van der Waals surface area contributed by atoms with Gasteiger partial charge in [-0.2, -0.15) is 0 Å². The summed E-state index contributed by atoms with van der Waals surface area (Å²) in [4.78, 5) is 12.0. The third-order valence-electron chi connectivity index (χ3n) is 3.09. The molecule has 22 heavy (non-hydrogen) atoms. The van der Waals surface area contributed by atoms with Gasteiger partial charge in [-0.3, -0.25) is 0 Å². The van der Waals surface area contributed by atoms with Gasteiger partial charge in [-0.25, -0.2) is 4.79 Å². The van der Waals surface area contributed by atoms with Crippen molar-refractivity contribution in [3.63, 3.8) is 0 Å². The number of carbonyl (C=O) groups excluding carboxylic acids is 1. The highest BCUT2D eigenvalue weighted by Gasteiger charge is 2.09. The summed E-state index contributed by atoms with van der Waals surface area (Å²) in [5.74, 6) is 1.16. The number of hydrogen-bond donors (Lipinski definition) is 2. The van der Waals surface area contributed by atoms with E-state index in [-0.39, 0.29) is 6.03 Å². The highest BCUT2D eigenvalue weighted by molar-refractivity contribution is 6.31. The minimum atomic E-state index is -0.386. The van der Waals surface area contributed by atoms with Crippen LogP contribution in [-0.4, -0.2) is 20.3 Å². The Balaban J connectivity index is 2.10. The van der Waals surface area contributed by atoms with Crippen LogP contribution in [0.4, 0.5) is 16.2 Å². The number of nitrogens with one attached hydrogen (secondary N) is 2. The Morgan fingerprint density at radius 1 is 1.05 bits per heavy atom. The van der Waals surface area contributed by atoms with Crippen molar-refractivity contribution in [1.29, 1.82) is 0 Å². The van der Waals surface area contributed by atoms with Crippen molar-refractivity contribution < 1.29 is 14.3 Å². The average molecular weight is 321 g/mol. The highest BCUT2D eigenvalue weighted by atomic mass is 35.5. The van der Waals surface area contributed by atoms with E-state index in [2.05, 4.69) is 10.6 Å². The number of urea groups is 1. The monoisotopic (exact) mass is 320 g/mol. The van der Waals surface area contributed by atoms with E-state index >= 15 is 0 Å². The van der Waals surface area contributed by atoms with Gasteiger partial charge in [-0.05, 0) is 36.8 Å². The molecule has 6 heteroatoms. The molecule has 0 heterocycles. The van der Waals surface area contributed by atoms with E-state index in [9.17, 15) is 4.79 Å². The third-order valence-corrected chi connectivity index (χ3v) is 3.49. The largest absolute Gasteiger partial charge is 0.497 e. The number of methoxy groups -OCH3 is 2. The van der Waals surface area contributed by atoms with E-state index in [1.165, 1.54) is 7.11 Å². The third kappa shape index (κ3) is 3.83. The van der Waals surface area contributed by atoms with Gasteiger partial charge in [0.1, 0.15) is 11.5 Å². The first-order chi connectivity index (χ1) is 10.5. The topological polar surface area (TPSA) is 59.6 Å². The molecule has 5 nitrogen and oxygen atoms in total. The predicted octanol–water partition coefficient (Wildman–Crippen LogP) is 4.31. The molecule has 116 valence electrons. The van der Waals surface area contributed by atoms with Gasteiger partial charge in [0, 0.05) is 16.8 Å². The van der Waals surface area contributed by atoms with Crippen LogP contribution in [0, 0.1) is 6.92 Å². The van der Waals surface area contributed by atoms with Crippen LogP contribution >= 0.6 is 11.6 Å². The molecule has 2 amide bonds. The molecule has 0 aromatic heterocycles. The van der Waals surface area contributed by atoms with E-state index in [4.69, 9.17) is 21.1 Å². The maximum Gasteiger partial charge on any atom is 0.323 e. The lowest BCUT2D eigenvalue weighted by molar-refractivity contribution is 0.262. The number of hydrogen-bond acceptors (Lipinski definition) is 3. The van der Waals surface area contributed by atoms with Crippen LogP contribution in [0.3, 0.4) is 0 Å². The lowest BCUT2D eigenvalue weighted by Gasteiger charge is -2.12. The summed E-state index contributed by atoms with van der Waals surface area (Å²) in [6.07, 6.45) is 0. The van der Waals surface area contributed by atoms with Crippen molar-refractivity contribution in [1.82, 2.24) is 0 Å². The SMILES string of the molecule is COc1ccc(NC(=O)Nc2ccc(C)c(Cl)c2)c(OC)c1. The average Bonchev–Trinajstić information content (AvgIpc) is 2.51. The number of rotatable bonds is 4. The summed E-state index contributed by atoms with van der Waals surface area (Å²) in [5.41, 5.74) is 2.10. The standard InChI is InChI=1S/C16H17ClN2O3/c1-10-4-5-11(8-13(10)17)18-16(20)19-14-7-6-12(21-2)9-15(14)22-3/h4-9H,1-3H3,(H2,18,19,20). The van der Waals surface area contributed by atoms with Crippen molar-refractivity contribution in [2.75, 3.05) is 24.9 Å². The molecule has 0 aliphatic rings. The van der Waals surface area contributed by atoms with E-state index in [0.29, 0.717) is 27.9 Å². The fourth-order valence-electron chi connectivity index (χ4n) is 1.86. The number of ether oxygens (including phenoxy) is 2. The number of halogens is 1. The first-order valence-electron chi connectivity index (χ1n) is 6.59. The quantitative estimate of drug-likeness (QED) is 0.882. The molecule has 0 radical (unpaired) electrons. The van der Waals surface area contributed by atoms with Gasteiger partial charge in [0.25, 0.3) is 0 Å². The van der Waals surface area contributed by atoms with E-state index in [0.717, 1.165) is 5.56 Å². The molecule has 2 aromatic carbocycles. The zero-order valence-electron chi connectivity index (χ0n) is 12.6. The summed E-state index contributed by atoms with van der Waals surface area (Å²) in [6.45, 7) is 1.90. The molecular formula is C16H17ClN2O3. The smallest absolute Gasteiger partial charge is 0.323 e. The minimum Gasteiger partial charge on any atom is -0.497 e.